The number of pyridine rings is 1. The maximum atomic E-state index is 12.4. The number of benzene rings is 2. The number of hydrogen-bond donors (Lipinski definition) is 2. The summed E-state index contributed by atoms with van der Waals surface area (Å²) in [5.41, 5.74) is 6.56. The van der Waals surface area contributed by atoms with Gasteiger partial charge >= 0.3 is 5.97 Å². The number of amides is 1. The Morgan fingerprint density at radius 2 is 1.74 bits per heavy atom. The molecule has 0 radical (unpaired) electrons. The van der Waals surface area contributed by atoms with Gasteiger partial charge in [0.2, 0.25) is 5.91 Å². The Hall–Kier alpha value is -4.74. The van der Waals surface area contributed by atoms with E-state index in [9.17, 15) is 9.59 Å². The highest BCUT2D eigenvalue weighted by Crippen LogP contribution is 2.45. The van der Waals surface area contributed by atoms with Gasteiger partial charge in [0.15, 0.2) is 5.11 Å². The maximum Gasteiger partial charge on any atom is 0.337 e. The van der Waals surface area contributed by atoms with Crippen molar-refractivity contribution in [2.75, 3.05) is 38.2 Å². The van der Waals surface area contributed by atoms with Crippen molar-refractivity contribution in [1.82, 2.24) is 14.9 Å². The maximum absolute atomic E-state index is 12.4. The lowest BCUT2D eigenvalue weighted by molar-refractivity contribution is -0.119. The summed E-state index contributed by atoms with van der Waals surface area (Å²) in [4.78, 5) is 31.1. The molecule has 0 saturated carbocycles. The van der Waals surface area contributed by atoms with Crippen LogP contribution < -0.4 is 20.3 Å². The Morgan fingerprint density at radius 3 is 2.40 bits per heavy atom. The molecule has 2 aromatic heterocycles. The number of nitrogens with zero attached hydrogens (tertiary/aromatic N) is 3. The number of anilines is 2. The van der Waals surface area contributed by atoms with Crippen LogP contribution in [0.2, 0.25) is 0 Å². The minimum absolute atomic E-state index is 0.0893. The molecule has 222 valence electrons. The lowest BCUT2D eigenvalue weighted by Gasteiger charge is -2.29. The Kier molecular flexibility index (Phi) is 8.74. The van der Waals surface area contributed by atoms with Crippen molar-refractivity contribution < 1.29 is 23.8 Å². The molecule has 2 atom stereocenters. The molecule has 1 aliphatic heterocycles. The highest BCUT2D eigenvalue weighted by Gasteiger charge is 2.42. The van der Waals surface area contributed by atoms with Crippen LogP contribution in [-0.4, -0.2) is 54.5 Å². The summed E-state index contributed by atoms with van der Waals surface area (Å²) in [7, 11) is 4.38. The van der Waals surface area contributed by atoms with Crippen LogP contribution in [0.25, 0.3) is 5.69 Å². The van der Waals surface area contributed by atoms with E-state index in [0.717, 1.165) is 34.0 Å². The zero-order valence-corrected chi connectivity index (χ0v) is 25.4. The lowest BCUT2D eigenvalue weighted by Crippen LogP contribution is -2.29. The molecule has 0 spiro atoms. The van der Waals surface area contributed by atoms with Crippen LogP contribution >= 0.6 is 12.2 Å². The molecule has 5 rings (SSSR count). The smallest absolute Gasteiger partial charge is 0.337 e. The van der Waals surface area contributed by atoms with Crippen molar-refractivity contribution >= 4 is 40.6 Å². The predicted molar refractivity (Wildman–Crippen MR) is 168 cm³/mol. The largest absolute Gasteiger partial charge is 0.495 e. The zero-order valence-electron chi connectivity index (χ0n) is 24.6. The number of esters is 1. The number of rotatable bonds is 9. The van der Waals surface area contributed by atoms with Gasteiger partial charge < -0.3 is 34.3 Å². The van der Waals surface area contributed by atoms with Crippen LogP contribution in [0.5, 0.6) is 5.75 Å². The second-order valence-electron chi connectivity index (χ2n) is 10.1. The van der Waals surface area contributed by atoms with E-state index >= 15 is 0 Å². The quantitative estimate of drug-likeness (QED) is 0.202. The molecular formula is C32H33N5O5S. The van der Waals surface area contributed by atoms with E-state index in [-0.39, 0.29) is 30.6 Å². The summed E-state index contributed by atoms with van der Waals surface area (Å²) in [6, 6.07) is 20.3. The number of carbonyl (C=O) groups is 2. The van der Waals surface area contributed by atoms with Crippen molar-refractivity contribution in [1.29, 1.82) is 0 Å². The third kappa shape index (κ3) is 5.81. The Morgan fingerprint density at radius 1 is 1.00 bits per heavy atom. The van der Waals surface area contributed by atoms with Crippen molar-refractivity contribution in [3.05, 3.63) is 101 Å². The average molecular weight is 600 g/mol. The van der Waals surface area contributed by atoms with Gasteiger partial charge in [-0.3, -0.25) is 9.78 Å². The van der Waals surface area contributed by atoms with Gasteiger partial charge in [-0.1, -0.05) is 6.07 Å². The molecule has 4 aromatic rings. The Balaban J connectivity index is 1.62. The Bertz CT molecular complexity index is 1650. The molecule has 43 heavy (non-hydrogen) atoms. The van der Waals surface area contributed by atoms with Gasteiger partial charge in [0.05, 0.1) is 43.2 Å². The fourth-order valence-electron chi connectivity index (χ4n) is 5.56. The fraction of sp³-hybridized carbons (Fsp3) is 0.250. The summed E-state index contributed by atoms with van der Waals surface area (Å²) in [5, 5.41) is 6.89. The van der Waals surface area contributed by atoms with E-state index in [1.807, 2.05) is 54.3 Å². The molecule has 0 bridgehead atoms. The van der Waals surface area contributed by atoms with Crippen LogP contribution in [0.15, 0.2) is 72.9 Å². The molecule has 0 aliphatic carbocycles. The van der Waals surface area contributed by atoms with Crippen molar-refractivity contribution in [2.24, 2.45) is 0 Å². The van der Waals surface area contributed by atoms with Crippen LogP contribution in [0.1, 0.15) is 45.1 Å². The highest BCUT2D eigenvalue weighted by molar-refractivity contribution is 7.80. The highest BCUT2D eigenvalue weighted by atomic mass is 32.1. The van der Waals surface area contributed by atoms with E-state index < -0.39 is 0 Å². The van der Waals surface area contributed by atoms with Crippen LogP contribution in [-0.2, 0) is 14.3 Å². The van der Waals surface area contributed by atoms with Crippen molar-refractivity contribution in [3.8, 4) is 11.4 Å². The normalized spacial score (nSPS) is 16.1. The van der Waals surface area contributed by atoms with Gasteiger partial charge in [-0.05, 0) is 92.3 Å². The van der Waals surface area contributed by atoms with Crippen LogP contribution in [0.4, 0.5) is 11.4 Å². The van der Waals surface area contributed by atoms with E-state index in [4.69, 9.17) is 26.4 Å². The number of nitrogens with one attached hydrogen (secondary N) is 2. The third-order valence-electron chi connectivity index (χ3n) is 7.44. The molecule has 10 nitrogen and oxygen atoms in total. The molecular weight excluding hydrogens is 566 g/mol. The first-order valence-electron chi connectivity index (χ1n) is 13.6. The molecule has 11 heteroatoms. The fourth-order valence-corrected chi connectivity index (χ4v) is 5.90. The second-order valence-corrected chi connectivity index (χ2v) is 10.4. The van der Waals surface area contributed by atoms with Crippen LogP contribution in [0, 0.1) is 13.8 Å². The first-order chi connectivity index (χ1) is 20.8. The van der Waals surface area contributed by atoms with E-state index in [2.05, 4.69) is 33.2 Å². The van der Waals surface area contributed by atoms with Gasteiger partial charge in [-0.25, -0.2) is 4.79 Å². The number of carbonyl (C=O) groups excluding carboxylic acids is 2. The number of thiocarbonyl (C=S) groups is 1. The number of methoxy groups -OCH3 is 3. The molecule has 1 amide bonds. The number of aromatic nitrogens is 2. The Labute approximate surface area is 255 Å². The predicted octanol–water partition coefficient (Wildman–Crippen LogP) is 5.05. The van der Waals surface area contributed by atoms with E-state index in [0.29, 0.717) is 22.1 Å². The van der Waals surface area contributed by atoms with Crippen molar-refractivity contribution in [2.45, 2.75) is 25.9 Å². The van der Waals surface area contributed by atoms with Gasteiger partial charge in [0, 0.05) is 36.1 Å². The molecule has 1 fully saturated rings. The summed E-state index contributed by atoms with van der Waals surface area (Å²) in [6.07, 6.45) is 1.77. The summed E-state index contributed by atoms with van der Waals surface area (Å²) in [5.74, 6) is -0.174. The summed E-state index contributed by atoms with van der Waals surface area (Å²) < 4.78 is 17.5. The second kappa shape index (κ2) is 12.6. The summed E-state index contributed by atoms with van der Waals surface area (Å²) in [6.45, 7) is 4.02. The lowest BCUT2D eigenvalue weighted by atomic mass is 9.96. The van der Waals surface area contributed by atoms with Gasteiger partial charge in [0.25, 0.3) is 0 Å². The average Bonchev–Trinajstić information content (AvgIpc) is 3.51. The molecule has 1 aliphatic rings. The minimum atomic E-state index is -0.384. The number of ether oxygens (including phenoxy) is 3. The van der Waals surface area contributed by atoms with Gasteiger partial charge in [0.1, 0.15) is 12.4 Å². The van der Waals surface area contributed by atoms with Crippen LogP contribution in [0.3, 0.4) is 0 Å². The first-order valence-corrected chi connectivity index (χ1v) is 14.0. The van der Waals surface area contributed by atoms with Gasteiger partial charge in [-0.15, -0.1) is 0 Å². The first kappa shape index (κ1) is 29.7. The SMILES string of the molecule is COCC(=O)Nc1cc(N2C(=S)N[C@@H](c3ccccn3)[C@@H]2c2cc(C)n(-c3ccc(C(=O)OC)cc3)c2C)ccc1OC. The third-order valence-corrected chi connectivity index (χ3v) is 7.76. The monoisotopic (exact) mass is 599 g/mol. The minimum Gasteiger partial charge on any atom is -0.495 e. The van der Waals surface area contributed by atoms with Crippen molar-refractivity contribution in [3.63, 3.8) is 0 Å². The number of hydrogen-bond acceptors (Lipinski definition) is 7. The summed E-state index contributed by atoms with van der Waals surface area (Å²) >= 11 is 5.93. The van der Waals surface area contributed by atoms with E-state index in [1.54, 1.807) is 31.5 Å². The zero-order chi connectivity index (χ0) is 30.7. The molecule has 3 heterocycles. The van der Waals surface area contributed by atoms with E-state index in [1.165, 1.54) is 14.2 Å². The standard InChI is InChI=1S/C32H33N5O5S/c1-19-16-24(20(2)36(19)22-11-9-21(10-12-22)31(39)42-5)30-29(25-8-6-7-15-33-25)35-32(43)37(30)23-13-14-27(41-4)26(17-23)34-28(38)18-40-3/h6-17,29-30H,18H2,1-5H3,(H,34,38)(H,35,43)/t29-,30-/m0/s1. The molecule has 2 aromatic carbocycles. The molecule has 2 N–H and O–H groups in total. The topological polar surface area (TPSA) is 107 Å². The van der Waals surface area contributed by atoms with Gasteiger partial charge in [-0.2, -0.15) is 0 Å². The molecule has 1 saturated heterocycles. The molecule has 0 unspecified atom stereocenters. The number of aryl methyl sites for hydroxylation is 1.